The molecule has 2 aliphatic carbocycles. The van der Waals surface area contributed by atoms with E-state index in [2.05, 4.69) is 29.4 Å². The summed E-state index contributed by atoms with van der Waals surface area (Å²) in [5.74, 6) is 0.507. The molecule has 1 amide bonds. The van der Waals surface area contributed by atoms with Crippen LogP contribution >= 0.6 is 0 Å². The van der Waals surface area contributed by atoms with Gasteiger partial charge in [0.25, 0.3) is 0 Å². The Morgan fingerprint density at radius 2 is 1.92 bits per heavy atom. The van der Waals surface area contributed by atoms with Crippen LogP contribution in [0.2, 0.25) is 0 Å². The molecule has 1 atom stereocenters. The molecule has 4 nitrogen and oxygen atoms in total. The molecule has 24 heavy (non-hydrogen) atoms. The van der Waals surface area contributed by atoms with Crippen molar-refractivity contribution >= 4 is 5.91 Å². The second-order valence-corrected chi connectivity index (χ2v) is 7.60. The number of nitrogens with one attached hydrogen (secondary N) is 1. The van der Waals surface area contributed by atoms with Gasteiger partial charge < -0.3 is 10.4 Å². The second kappa shape index (κ2) is 8.13. The van der Waals surface area contributed by atoms with Crippen molar-refractivity contribution < 1.29 is 9.90 Å². The highest BCUT2D eigenvalue weighted by atomic mass is 16.3. The molecular weight excluding hydrogens is 300 g/mol. The fraction of sp³-hybridized carbons (Fsp3) is 0.650. The number of likely N-dealkylation sites (N-methyl/N-ethyl adjacent to an activating group) is 1. The van der Waals surface area contributed by atoms with Gasteiger partial charge in [0.05, 0.1) is 12.6 Å². The van der Waals surface area contributed by atoms with E-state index in [1.54, 1.807) is 0 Å². The zero-order chi connectivity index (χ0) is 16.9. The minimum absolute atomic E-state index is 0.117. The Balaban J connectivity index is 1.55. The van der Waals surface area contributed by atoms with Crippen molar-refractivity contribution in [2.24, 2.45) is 5.92 Å². The molecule has 1 aromatic carbocycles. The zero-order valence-corrected chi connectivity index (χ0v) is 14.7. The van der Waals surface area contributed by atoms with Crippen LogP contribution in [0, 0.1) is 5.92 Å². The van der Waals surface area contributed by atoms with Crippen molar-refractivity contribution in [3.8, 4) is 0 Å². The average Bonchev–Trinajstić information content (AvgIpc) is 3.07. The lowest BCUT2D eigenvalue weighted by atomic mass is 9.75. The molecule has 2 saturated carbocycles. The molecule has 0 heterocycles. The number of amides is 1. The minimum Gasteiger partial charge on any atom is -0.393 e. The van der Waals surface area contributed by atoms with Crippen LogP contribution in [0.15, 0.2) is 30.3 Å². The molecule has 0 aromatic heterocycles. The predicted octanol–water partition coefficient (Wildman–Crippen LogP) is 2.36. The summed E-state index contributed by atoms with van der Waals surface area (Å²) in [6.07, 6.45) is 7.26. The van der Waals surface area contributed by atoms with Crippen molar-refractivity contribution in [1.29, 1.82) is 0 Å². The average molecular weight is 330 g/mol. The Bertz CT molecular complexity index is 522. The molecular formula is C20H30N2O2. The molecule has 1 aromatic rings. The molecule has 132 valence electrons. The first kappa shape index (κ1) is 17.4. The molecule has 0 radical (unpaired) electrons. The number of hydrogen-bond acceptors (Lipinski definition) is 3. The number of benzene rings is 1. The van der Waals surface area contributed by atoms with Crippen molar-refractivity contribution in [2.45, 2.75) is 63.1 Å². The quantitative estimate of drug-likeness (QED) is 0.807. The summed E-state index contributed by atoms with van der Waals surface area (Å²) in [7, 11) is 2.06. The monoisotopic (exact) mass is 330 g/mol. The third kappa shape index (κ3) is 4.58. The molecule has 4 heteroatoms. The molecule has 1 unspecified atom stereocenters. The van der Waals surface area contributed by atoms with Crippen LogP contribution in [-0.2, 0) is 11.2 Å². The highest BCUT2D eigenvalue weighted by molar-refractivity contribution is 5.78. The molecule has 0 bridgehead atoms. The van der Waals surface area contributed by atoms with Gasteiger partial charge in [-0.1, -0.05) is 43.2 Å². The summed E-state index contributed by atoms with van der Waals surface area (Å²) in [6, 6.07) is 11.0. The number of carbonyl (C=O) groups excluding carboxylic acids is 1. The van der Waals surface area contributed by atoms with Gasteiger partial charge in [-0.15, -0.1) is 0 Å². The predicted molar refractivity (Wildman–Crippen MR) is 95.7 cm³/mol. The first-order valence-corrected chi connectivity index (χ1v) is 9.33. The summed E-state index contributed by atoms with van der Waals surface area (Å²) < 4.78 is 0. The van der Waals surface area contributed by atoms with Crippen LogP contribution < -0.4 is 5.32 Å². The maximum Gasteiger partial charge on any atom is 0.234 e. The SMILES string of the molecule is CN(CC(=O)NC(Cc1ccccc1)C1CC(O)C1)C1CCCC1. The molecule has 2 fully saturated rings. The minimum atomic E-state index is -0.189. The number of aliphatic hydroxyl groups is 1. The lowest BCUT2D eigenvalue weighted by molar-refractivity contribution is -0.124. The normalized spacial score (nSPS) is 25.5. The van der Waals surface area contributed by atoms with E-state index in [-0.39, 0.29) is 18.1 Å². The van der Waals surface area contributed by atoms with Gasteiger partial charge in [-0.25, -0.2) is 0 Å². The van der Waals surface area contributed by atoms with Crippen LogP contribution in [0.3, 0.4) is 0 Å². The number of aliphatic hydroxyl groups excluding tert-OH is 1. The molecule has 2 aliphatic rings. The second-order valence-electron chi connectivity index (χ2n) is 7.60. The molecule has 2 N–H and O–H groups in total. The van der Waals surface area contributed by atoms with Crippen LogP contribution in [0.4, 0.5) is 0 Å². The third-order valence-corrected chi connectivity index (χ3v) is 5.70. The third-order valence-electron chi connectivity index (χ3n) is 5.70. The largest absolute Gasteiger partial charge is 0.393 e. The first-order chi connectivity index (χ1) is 11.6. The smallest absolute Gasteiger partial charge is 0.234 e. The number of carbonyl (C=O) groups is 1. The number of nitrogens with zero attached hydrogens (tertiary/aromatic N) is 1. The highest BCUT2D eigenvalue weighted by Crippen LogP contribution is 2.31. The van der Waals surface area contributed by atoms with Gasteiger partial charge in [-0.2, -0.15) is 0 Å². The Morgan fingerprint density at radius 1 is 1.25 bits per heavy atom. The van der Waals surface area contributed by atoms with Crippen molar-refractivity contribution in [2.75, 3.05) is 13.6 Å². The molecule has 0 aliphatic heterocycles. The van der Waals surface area contributed by atoms with E-state index in [0.717, 1.165) is 19.3 Å². The van der Waals surface area contributed by atoms with Gasteiger partial charge >= 0.3 is 0 Å². The topological polar surface area (TPSA) is 52.6 Å². The van der Waals surface area contributed by atoms with Gasteiger partial charge in [0, 0.05) is 12.1 Å². The van der Waals surface area contributed by atoms with Crippen LogP contribution in [0.1, 0.15) is 44.1 Å². The zero-order valence-electron chi connectivity index (χ0n) is 14.7. The lowest BCUT2D eigenvalue weighted by Gasteiger charge is -2.38. The van der Waals surface area contributed by atoms with E-state index < -0.39 is 0 Å². The molecule has 0 spiro atoms. The Hall–Kier alpha value is -1.39. The molecule has 0 saturated heterocycles. The maximum absolute atomic E-state index is 12.5. The molecule has 3 rings (SSSR count). The Kier molecular flexibility index (Phi) is 5.90. The maximum atomic E-state index is 12.5. The van der Waals surface area contributed by atoms with Gasteiger partial charge in [-0.3, -0.25) is 9.69 Å². The van der Waals surface area contributed by atoms with Crippen molar-refractivity contribution in [3.05, 3.63) is 35.9 Å². The van der Waals surface area contributed by atoms with Crippen LogP contribution in [-0.4, -0.2) is 47.7 Å². The van der Waals surface area contributed by atoms with E-state index in [1.165, 1.54) is 31.2 Å². The van der Waals surface area contributed by atoms with E-state index in [9.17, 15) is 9.90 Å². The Labute approximate surface area is 145 Å². The van der Waals surface area contributed by atoms with Gasteiger partial charge in [0.1, 0.15) is 0 Å². The van der Waals surface area contributed by atoms with Gasteiger partial charge in [0.15, 0.2) is 0 Å². The van der Waals surface area contributed by atoms with Gasteiger partial charge in [-0.05, 0) is 50.6 Å². The summed E-state index contributed by atoms with van der Waals surface area (Å²) in [6.45, 7) is 0.477. The summed E-state index contributed by atoms with van der Waals surface area (Å²) in [5, 5.41) is 12.9. The standard InChI is InChI=1S/C20H30N2O2/c1-22(17-9-5-6-10-17)14-20(24)21-19(16-12-18(23)13-16)11-15-7-3-2-4-8-15/h2-4,7-8,16-19,23H,5-6,9-14H2,1H3,(H,21,24). The summed E-state index contributed by atoms with van der Waals surface area (Å²) in [4.78, 5) is 14.7. The Morgan fingerprint density at radius 3 is 2.54 bits per heavy atom. The number of rotatable bonds is 7. The van der Waals surface area contributed by atoms with E-state index >= 15 is 0 Å². The van der Waals surface area contributed by atoms with Crippen LogP contribution in [0.25, 0.3) is 0 Å². The van der Waals surface area contributed by atoms with Crippen LogP contribution in [0.5, 0.6) is 0 Å². The highest BCUT2D eigenvalue weighted by Gasteiger charge is 2.35. The fourth-order valence-corrected chi connectivity index (χ4v) is 4.12. The van der Waals surface area contributed by atoms with E-state index in [0.29, 0.717) is 18.5 Å². The summed E-state index contributed by atoms with van der Waals surface area (Å²) >= 11 is 0. The van der Waals surface area contributed by atoms with Gasteiger partial charge in [0.2, 0.25) is 5.91 Å². The van der Waals surface area contributed by atoms with E-state index in [4.69, 9.17) is 0 Å². The first-order valence-electron chi connectivity index (χ1n) is 9.33. The fourth-order valence-electron chi connectivity index (χ4n) is 4.12. The van der Waals surface area contributed by atoms with Crippen molar-refractivity contribution in [1.82, 2.24) is 10.2 Å². The lowest BCUT2D eigenvalue weighted by Crippen LogP contribution is -2.50. The number of hydrogen-bond donors (Lipinski definition) is 2. The van der Waals surface area contributed by atoms with E-state index in [1.807, 2.05) is 18.2 Å². The summed E-state index contributed by atoms with van der Waals surface area (Å²) in [5.41, 5.74) is 1.24. The van der Waals surface area contributed by atoms with Crippen molar-refractivity contribution in [3.63, 3.8) is 0 Å².